The summed E-state index contributed by atoms with van der Waals surface area (Å²) in [7, 11) is 1.70. The van der Waals surface area contributed by atoms with Gasteiger partial charge >= 0.3 is 0 Å². The Morgan fingerprint density at radius 1 is 1.28 bits per heavy atom. The van der Waals surface area contributed by atoms with Crippen LogP contribution in [0.3, 0.4) is 0 Å². The van der Waals surface area contributed by atoms with Crippen molar-refractivity contribution in [1.29, 1.82) is 0 Å². The quantitative estimate of drug-likeness (QED) is 0.511. The second-order valence-electron chi connectivity index (χ2n) is 7.11. The van der Waals surface area contributed by atoms with Gasteiger partial charge in [0.1, 0.15) is 5.75 Å². The lowest BCUT2D eigenvalue weighted by molar-refractivity contribution is 0.0177. The van der Waals surface area contributed by atoms with Crippen LogP contribution in [0.25, 0.3) is 0 Å². The molecule has 1 saturated heterocycles. The molecule has 0 radical (unpaired) electrons. The standard InChI is InChI=1S/C22H32N4O2S/c1-4-23-22(24-15-18-12-17(2)13-19(14-18)27-3)25-16-20(21-6-5-11-29-21)26-7-9-28-10-8-26/h5-6,11-14,20H,4,7-10,15-16H2,1-3H3,(H2,23,24,25). The van der Waals surface area contributed by atoms with Gasteiger partial charge in [0.25, 0.3) is 0 Å². The monoisotopic (exact) mass is 416 g/mol. The summed E-state index contributed by atoms with van der Waals surface area (Å²) in [5.41, 5.74) is 2.32. The van der Waals surface area contributed by atoms with Crippen molar-refractivity contribution in [1.82, 2.24) is 15.5 Å². The number of thiophene rings is 1. The van der Waals surface area contributed by atoms with Gasteiger partial charge in [-0.1, -0.05) is 12.1 Å². The molecular weight excluding hydrogens is 384 g/mol. The Kier molecular flexibility index (Phi) is 8.34. The molecule has 1 aliphatic rings. The minimum Gasteiger partial charge on any atom is -0.497 e. The van der Waals surface area contributed by atoms with Gasteiger partial charge in [0.15, 0.2) is 5.96 Å². The molecule has 0 saturated carbocycles. The Hall–Kier alpha value is -2.09. The molecule has 0 spiro atoms. The Bertz CT molecular complexity index is 773. The SMILES string of the molecule is CCNC(=NCc1cc(C)cc(OC)c1)NCC(c1cccs1)N1CCOCC1. The molecule has 1 aromatic heterocycles. The Labute approximate surface area is 177 Å². The first-order valence-corrected chi connectivity index (χ1v) is 11.1. The molecule has 158 valence electrons. The maximum Gasteiger partial charge on any atom is 0.191 e. The number of hydrogen-bond acceptors (Lipinski definition) is 5. The second-order valence-corrected chi connectivity index (χ2v) is 8.09. The summed E-state index contributed by atoms with van der Waals surface area (Å²) in [4.78, 5) is 8.67. The van der Waals surface area contributed by atoms with Crippen LogP contribution in [0.15, 0.2) is 40.7 Å². The highest BCUT2D eigenvalue weighted by atomic mass is 32.1. The molecule has 2 heterocycles. The van der Waals surface area contributed by atoms with Crippen molar-refractivity contribution >= 4 is 17.3 Å². The molecule has 6 nitrogen and oxygen atoms in total. The largest absolute Gasteiger partial charge is 0.497 e. The molecule has 1 aromatic carbocycles. The molecule has 7 heteroatoms. The second kappa shape index (κ2) is 11.2. The minimum atomic E-state index is 0.321. The first kappa shape index (κ1) is 21.6. The highest BCUT2D eigenvalue weighted by molar-refractivity contribution is 7.10. The van der Waals surface area contributed by atoms with Crippen molar-refractivity contribution in [3.63, 3.8) is 0 Å². The Morgan fingerprint density at radius 2 is 2.10 bits per heavy atom. The van der Waals surface area contributed by atoms with Crippen LogP contribution in [-0.2, 0) is 11.3 Å². The van der Waals surface area contributed by atoms with Crippen molar-refractivity contribution in [3.8, 4) is 5.75 Å². The van der Waals surface area contributed by atoms with E-state index in [2.05, 4.69) is 53.0 Å². The molecule has 0 aliphatic carbocycles. The predicted octanol–water partition coefficient (Wildman–Crippen LogP) is 3.19. The summed E-state index contributed by atoms with van der Waals surface area (Å²) in [5, 5.41) is 9.07. The van der Waals surface area contributed by atoms with Gasteiger partial charge in [-0.2, -0.15) is 0 Å². The number of guanidine groups is 1. The third-order valence-electron chi connectivity index (χ3n) is 4.93. The van der Waals surface area contributed by atoms with Crippen LogP contribution in [-0.4, -0.2) is 57.4 Å². The Morgan fingerprint density at radius 3 is 2.79 bits per heavy atom. The maximum atomic E-state index is 5.54. The van der Waals surface area contributed by atoms with Gasteiger partial charge < -0.3 is 20.1 Å². The van der Waals surface area contributed by atoms with E-state index in [1.165, 1.54) is 10.4 Å². The lowest BCUT2D eigenvalue weighted by Crippen LogP contribution is -2.46. The van der Waals surface area contributed by atoms with E-state index in [1.54, 1.807) is 7.11 Å². The van der Waals surface area contributed by atoms with Crippen LogP contribution in [0.1, 0.15) is 29.0 Å². The third-order valence-corrected chi connectivity index (χ3v) is 5.90. The van der Waals surface area contributed by atoms with Gasteiger partial charge in [0, 0.05) is 31.1 Å². The van der Waals surface area contributed by atoms with Crippen molar-refractivity contribution in [3.05, 3.63) is 51.7 Å². The minimum absolute atomic E-state index is 0.321. The molecule has 1 fully saturated rings. The lowest BCUT2D eigenvalue weighted by Gasteiger charge is -2.34. The van der Waals surface area contributed by atoms with Crippen LogP contribution in [0, 0.1) is 6.92 Å². The van der Waals surface area contributed by atoms with Gasteiger partial charge in [-0.25, -0.2) is 4.99 Å². The Balaban J connectivity index is 1.68. The van der Waals surface area contributed by atoms with Crippen molar-refractivity contribution in [2.45, 2.75) is 26.4 Å². The first-order valence-electron chi connectivity index (χ1n) is 10.2. The highest BCUT2D eigenvalue weighted by Gasteiger charge is 2.23. The van der Waals surface area contributed by atoms with E-state index in [-0.39, 0.29) is 0 Å². The predicted molar refractivity (Wildman–Crippen MR) is 120 cm³/mol. The van der Waals surface area contributed by atoms with E-state index in [1.807, 2.05) is 23.5 Å². The van der Waals surface area contributed by atoms with Crippen LogP contribution < -0.4 is 15.4 Å². The van der Waals surface area contributed by atoms with Crippen molar-refractivity contribution < 1.29 is 9.47 Å². The van der Waals surface area contributed by atoms with Crippen molar-refractivity contribution in [2.24, 2.45) is 4.99 Å². The van der Waals surface area contributed by atoms with Crippen molar-refractivity contribution in [2.75, 3.05) is 46.5 Å². The molecular formula is C22H32N4O2S. The number of rotatable bonds is 8. The number of nitrogens with one attached hydrogen (secondary N) is 2. The van der Waals surface area contributed by atoms with Gasteiger partial charge in [0.05, 0.1) is 32.9 Å². The van der Waals surface area contributed by atoms with E-state index in [0.29, 0.717) is 12.6 Å². The molecule has 1 atom stereocenters. The smallest absolute Gasteiger partial charge is 0.191 e. The fourth-order valence-electron chi connectivity index (χ4n) is 3.52. The summed E-state index contributed by atoms with van der Waals surface area (Å²) < 4.78 is 10.9. The van der Waals surface area contributed by atoms with Crippen LogP contribution in [0.5, 0.6) is 5.75 Å². The maximum absolute atomic E-state index is 5.54. The zero-order valence-corrected chi connectivity index (χ0v) is 18.4. The van der Waals surface area contributed by atoms with Gasteiger partial charge in [-0.15, -0.1) is 11.3 Å². The molecule has 1 unspecified atom stereocenters. The molecule has 29 heavy (non-hydrogen) atoms. The highest BCUT2D eigenvalue weighted by Crippen LogP contribution is 2.25. The van der Waals surface area contributed by atoms with Gasteiger partial charge in [-0.05, 0) is 48.6 Å². The number of morpholine rings is 1. The zero-order chi connectivity index (χ0) is 20.5. The average Bonchev–Trinajstić information content (AvgIpc) is 3.27. The van der Waals surface area contributed by atoms with E-state index in [9.17, 15) is 0 Å². The van der Waals surface area contributed by atoms with Crippen LogP contribution in [0.4, 0.5) is 0 Å². The number of hydrogen-bond donors (Lipinski definition) is 2. The van der Waals surface area contributed by atoms with Crippen LogP contribution in [0.2, 0.25) is 0 Å². The number of ether oxygens (including phenoxy) is 2. The summed E-state index contributed by atoms with van der Waals surface area (Å²) in [6, 6.07) is 10.9. The van der Waals surface area contributed by atoms with E-state index in [4.69, 9.17) is 14.5 Å². The van der Waals surface area contributed by atoms with E-state index < -0.39 is 0 Å². The van der Waals surface area contributed by atoms with E-state index in [0.717, 1.165) is 56.7 Å². The molecule has 3 rings (SSSR count). The lowest BCUT2D eigenvalue weighted by atomic mass is 10.1. The summed E-state index contributed by atoms with van der Waals surface area (Å²) in [6.45, 7) is 9.92. The third kappa shape index (κ3) is 6.45. The number of benzene rings is 1. The summed E-state index contributed by atoms with van der Waals surface area (Å²) in [6.07, 6.45) is 0. The molecule has 0 bridgehead atoms. The zero-order valence-electron chi connectivity index (χ0n) is 17.6. The number of nitrogens with zero attached hydrogens (tertiary/aromatic N) is 2. The fraction of sp³-hybridized carbons (Fsp3) is 0.500. The number of aliphatic imine (C=N–C) groups is 1. The molecule has 2 aromatic rings. The summed E-state index contributed by atoms with van der Waals surface area (Å²) in [5.74, 6) is 1.71. The first-order chi connectivity index (χ1) is 14.2. The molecule has 1 aliphatic heterocycles. The van der Waals surface area contributed by atoms with Gasteiger partial charge in [0.2, 0.25) is 0 Å². The topological polar surface area (TPSA) is 58.1 Å². The number of aryl methyl sites for hydroxylation is 1. The van der Waals surface area contributed by atoms with Crippen LogP contribution >= 0.6 is 11.3 Å². The fourth-order valence-corrected chi connectivity index (χ4v) is 4.38. The summed E-state index contributed by atoms with van der Waals surface area (Å²) >= 11 is 1.81. The number of methoxy groups -OCH3 is 1. The molecule has 0 amide bonds. The average molecular weight is 417 g/mol. The van der Waals surface area contributed by atoms with Gasteiger partial charge in [-0.3, -0.25) is 4.90 Å². The van der Waals surface area contributed by atoms with E-state index >= 15 is 0 Å². The molecule has 2 N–H and O–H groups in total. The normalized spacial score (nSPS) is 16.4.